The standard InChI is InChI=1S/C12H11N5/c13-11(9-5-1-3-7-15-9)17-12(14)10-6-2-4-8-16-10/h1-8H,(H3,13,14,17). The van der Waals surface area contributed by atoms with Gasteiger partial charge in [0, 0.05) is 12.4 Å². The van der Waals surface area contributed by atoms with Crippen LogP contribution in [0.5, 0.6) is 0 Å². The lowest BCUT2D eigenvalue weighted by atomic mass is 10.3. The zero-order chi connectivity index (χ0) is 12.1. The van der Waals surface area contributed by atoms with Crippen molar-refractivity contribution >= 4 is 11.7 Å². The topological polar surface area (TPSA) is 88.0 Å². The number of rotatable bonds is 2. The predicted octanol–water partition coefficient (Wildman–Crippen LogP) is 1.21. The largest absolute Gasteiger partial charge is 0.382 e. The molecule has 2 heterocycles. The molecule has 5 nitrogen and oxygen atoms in total. The molecule has 0 aliphatic rings. The fraction of sp³-hybridized carbons (Fsp3) is 0. The Labute approximate surface area is 98.6 Å². The van der Waals surface area contributed by atoms with Crippen molar-refractivity contribution in [3.05, 3.63) is 60.2 Å². The van der Waals surface area contributed by atoms with Crippen molar-refractivity contribution in [3.63, 3.8) is 0 Å². The van der Waals surface area contributed by atoms with Crippen LogP contribution in [0.25, 0.3) is 0 Å². The van der Waals surface area contributed by atoms with Crippen LogP contribution in [0.1, 0.15) is 11.4 Å². The van der Waals surface area contributed by atoms with Crippen LogP contribution in [-0.4, -0.2) is 21.6 Å². The summed E-state index contributed by atoms with van der Waals surface area (Å²) in [5, 5.41) is 7.75. The van der Waals surface area contributed by atoms with Crippen molar-refractivity contribution in [1.29, 1.82) is 5.41 Å². The van der Waals surface area contributed by atoms with Crippen LogP contribution < -0.4 is 5.73 Å². The maximum atomic E-state index is 7.75. The Morgan fingerprint density at radius 3 is 2.12 bits per heavy atom. The minimum atomic E-state index is 0.0220. The van der Waals surface area contributed by atoms with Crippen LogP contribution in [0.3, 0.4) is 0 Å². The summed E-state index contributed by atoms with van der Waals surface area (Å²) in [5.74, 6) is 0.231. The van der Waals surface area contributed by atoms with Gasteiger partial charge in [-0.25, -0.2) is 4.99 Å². The first-order valence-electron chi connectivity index (χ1n) is 5.03. The minimum absolute atomic E-state index is 0.0220. The fourth-order valence-electron chi connectivity index (χ4n) is 1.25. The maximum absolute atomic E-state index is 7.75. The van der Waals surface area contributed by atoms with Crippen molar-refractivity contribution in [1.82, 2.24) is 9.97 Å². The van der Waals surface area contributed by atoms with Gasteiger partial charge in [0.15, 0.2) is 11.7 Å². The number of hydrogen-bond acceptors (Lipinski definition) is 3. The Bertz CT molecular complexity index is 533. The van der Waals surface area contributed by atoms with Crippen LogP contribution in [0.4, 0.5) is 0 Å². The molecule has 0 saturated carbocycles. The van der Waals surface area contributed by atoms with Crippen molar-refractivity contribution in [2.75, 3.05) is 0 Å². The molecular formula is C12H11N5. The van der Waals surface area contributed by atoms with Crippen LogP contribution in [0.2, 0.25) is 0 Å². The van der Waals surface area contributed by atoms with Crippen molar-refractivity contribution < 1.29 is 0 Å². The molecule has 84 valence electrons. The molecule has 17 heavy (non-hydrogen) atoms. The number of aromatic nitrogens is 2. The molecule has 5 heteroatoms. The summed E-state index contributed by atoms with van der Waals surface area (Å²) in [7, 11) is 0. The lowest BCUT2D eigenvalue weighted by molar-refractivity contribution is 1.24. The molecule has 0 aliphatic carbocycles. The first-order valence-corrected chi connectivity index (χ1v) is 5.03. The number of aliphatic imine (C=N–C) groups is 1. The normalized spacial score (nSPS) is 11.2. The van der Waals surface area contributed by atoms with Crippen LogP contribution >= 0.6 is 0 Å². The number of nitrogens with zero attached hydrogens (tertiary/aromatic N) is 3. The Morgan fingerprint density at radius 2 is 1.59 bits per heavy atom. The van der Waals surface area contributed by atoms with Gasteiger partial charge in [-0.05, 0) is 24.3 Å². The zero-order valence-corrected chi connectivity index (χ0v) is 9.04. The van der Waals surface area contributed by atoms with E-state index in [9.17, 15) is 0 Å². The second kappa shape index (κ2) is 4.98. The molecule has 0 saturated heterocycles. The van der Waals surface area contributed by atoms with Crippen LogP contribution in [0, 0.1) is 5.41 Å². The quantitative estimate of drug-likeness (QED) is 0.594. The highest BCUT2D eigenvalue weighted by Crippen LogP contribution is 1.98. The SMILES string of the molecule is N=C(N=C(N)c1ccccn1)c1ccccn1. The van der Waals surface area contributed by atoms with Crippen molar-refractivity contribution in [2.24, 2.45) is 10.7 Å². The molecule has 0 aromatic carbocycles. The Hall–Kier alpha value is -2.56. The highest BCUT2D eigenvalue weighted by molar-refractivity contribution is 6.08. The molecule has 0 spiro atoms. The summed E-state index contributed by atoms with van der Waals surface area (Å²) in [5.41, 5.74) is 6.78. The molecule has 3 N–H and O–H groups in total. The van der Waals surface area contributed by atoms with E-state index in [0.717, 1.165) is 0 Å². The second-order valence-corrected chi connectivity index (χ2v) is 3.28. The first-order chi connectivity index (χ1) is 8.27. The Balaban J connectivity index is 2.24. The smallest absolute Gasteiger partial charge is 0.172 e. The molecule has 2 aromatic heterocycles. The number of nitrogens with one attached hydrogen (secondary N) is 1. The van der Waals surface area contributed by atoms with Gasteiger partial charge in [0.2, 0.25) is 0 Å². The van der Waals surface area contributed by atoms with Gasteiger partial charge in [0.25, 0.3) is 0 Å². The van der Waals surface area contributed by atoms with Gasteiger partial charge in [-0.1, -0.05) is 12.1 Å². The highest BCUT2D eigenvalue weighted by Gasteiger charge is 2.03. The van der Waals surface area contributed by atoms with Gasteiger partial charge in [-0.2, -0.15) is 0 Å². The van der Waals surface area contributed by atoms with Gasteiger partial charge >= 0.3 is 0 Å². The maximum Gasteiger partial charge on any atom is 0.172 e. The number of hydrogen-bond donors (Lipinski definition) is 2. The lowest BCUT2D eigenvalue weighted by Gasteiger charge is -2.00. The molecule has 2 aromatic rings. The summed E-state index contributed by atoms with van der Waals surface area (Å²) in [6, 6.07) is 10.6. The van der Waals surface area contributed by atoms with Gasteiger partial charge < -0.3 is 5.73 Å². The Morgan fingerprint density at radius 1 is 1.00 bits per heavy atom. The van der Waals surface area contributed by atoms with E-state index in [1.807, 2.05) is 6.07 Å². The molecular weight excluding hydrogens is 214 g/mol. The van der Waals surface area contributed by atoms with Gasteiger partial charge in [0.1, 0.15) is 11.4 Å². The van der Waals surface area contributed by atoms with E-state index in [-0.39, 0.29) is 11.7 Å². The molecule has 0 amide bonds. The molecule has 2 rings (SSSR count). The van der Waals surface area contributed by atoms with E-state index in [1.165, 1.54) is 0 Å². The van der Waals surface area contributed by atoms with E-state index >= 15 is 0 Å². The van der Waals surface area contributed by atoms with Crippen LogP contribution in [0.15, 0.2) is 53.8 Å². The third kappa shape index (κ3) is 2.72. The zero-order valence-electron chi connectivity index (χ0n) is 9.04. The van der Waals surface area contributed by atoms with E-state index in [1.54, 1.807) is 42.7 Å². The monoisotopic (exact) mass is 225 g/mol. The van der Waals surface area contributed by atoms with E-state index in [2.05, 4.69) is 15.0 Å². The van der Waals surface area contributed by atoms with Crippen molar-refractivity contribution in [2.45, 2.75) is 0 Å². The average molecular weight is 225 g/mol. The molecule has 0 bridgehead atoms. The summed E-state index contributed by atoms with van der Waals surface area (Å²) >= 11 is 0. The lowest BCUT2D eigenvalue weighted by Crippen LogP contribution is -2.17. The summed E-state index contributed by atoms with van der Waals surface area (Å²) in [4.78, 5) is 12.0. The number of nitrogens with two attached hydrogens (primary N) is 1. The molecule has 0 fully saturated rings. The second-order valence-electron chi connectivity index (χ2n) is 3.28. The van der Waals surface area contributed by atoms with Crippen LogP contribution in [-0.2, 0) is 0 Å². The van der Waals surface area contributed by atoms with E-state index in [4.69, 9.17) is 11.1 Å². The predicted molar refractivity (Wildman–Crippen MR) is 66.0 cm³/mol. The number of amidine groups is 2. The Kier molecular flexibility index (Phi) is 3.20. The number of pyridine rings is 2. The van der Waals surface area contributed by atoms with Crippen molar-refractivity contribution in [3.8, 4) is 0 Å². The van der Waals surface area contributed by atoms with Gasteiger partial charge in [-0.3, -0.25) is 15.4 Å². The molecule has 0 aliphatic heterocycles. The first kappa shape index (κ1) is 10.9. The van der Waals surface area contributed by atoms with E-state index in [0.29, 0.717) is 11.4 Å². The summed E-state index contributed by atoms with van der Waals surface area (Å²) in [6.07, 6.45) is 3.23. The van der Waals surface area contributed by atoms with Gasteiger partial charge in [-0.15, -0.1) is 0 Å². The summed E-state index contributed by atoms with van der Waals surface area (Å²) in [6.45, 7) is 0. The van der Waals surface area contributed by atoms with E-state index < -0.39 is 0 Å². The average Bonchev–Trinajstić information content (AvgIpc) is 2.40. The minimum Gasteiger partial charge on any atom is -0.382 e. The molecule has 0 atom stereocenters. The fourth-order valence-corrected chi connectivity index (χ4v) is 1.25. The third-order valence-corrected chi connectivity index (χ3v) is 2.07. The summed E-state index contributed by atoms with van der Waals surface area (Å²) < 4.78 is 0. The third-order valence-electron chi connectivity index (χ3n) is 2.07. The highest BCUT2D eigenvalue weighted by atomic mass is 15.0. The van der Waals surface area contributed by atoms with Gasteiger partial charge in [0.05, 0.1) is 0 Å². The molecule has 0 unspecified atom stereocenters. The molecule has 0 radical (unpaired) electrons.